The predicted octanol–water partition coefficient (Wildman–Crippen LogP) is 3.82. The van der Waals surface area contributed by atoms with E-state index < -0.39 is 7.05 Å². The molecule has 5 rings (SSSR count). The van der Waals surface area contributed by atoms with Gasteiger partial charge >= 0.3 is 7.05 Å². The molecule has 0 spiro atoms. The zero-order chi connectivity index (χ0) is 25.6. The predicted molar refractivity (Wildman–Crippen MR) is 144 cm³/mol. The summed E-state index contributed by atoms with van der Waals surface area (Å²) in [6.45, 7) is 4.71. The maximum Gasteiger partial charge on any atom is 0.376 e. The Morgan fingerprint density at radius 2 is 1.68 bits per heavy atom. The SMILES string of the molecule is CB(O)N1CCN(c2ccncc2NC(=O)c2ccnc(-c3ccc(Oc4ccccc4)cc3)n2)CC1. The van der Waals surface area contributed by atoms with Crippen molar-refractivity contribution in [1.82, 2.24) is 19.8 Å². The van der Waals surface area contributed by atoms with Crippen LogP contribution in [-0.2, 0) is 0 Å². The first-order valence-corrected chi connectivity index (χ1v) is 12.2. The zero-order valence-electron chi connectivity index (χ0n) is 20.5. The molecule has 1 fully saturated rings. The van der Waals surface area contributed by atoms with Gasteiger partial charge in [-0.1, -0.05) is 18.2 Å². The molecule has 1 saturated heterocycles. The van der Waals surface area contributed by atoms with Crippen LogP contribution in [0.15, 0.2) is 85.3 Å². The summed E-state index contributed by atoms with van der Waals surface area (Å²) in [5, 5.41) is 12.8. The third-order valence-electron chi connectivity index (χ3n) is 6.21. The lowest BCUT2D eigenvalue weighted by molar-refractivity contribution is 0.102. The van der Waals surface area contributed by atoms with Gasteiger partial charge in [0, 0.05) is 44.1 Å². The number of hydrogen-bond donors (Lipinski definition) is 2. The number of aromatic nitrogens is 3. The Labute approximate surface area is 215 Å². The molecule has 2 aromatic heterocycles. The molecule has 0 saturated carbocycles. The second kappa shape index (κ2) is 11.2. The Balaban J connectivity index is 1.28. The summed E-state index contributed by atoms with van der Waals surface area (Å²) in [5.74, 6) is 1.55. The van der Waals surface area contributed by atoms with Crippen LogP contribution in [0.3, 0.4) is 0 Å². The van der Waals surface area contributed by atoms with E-state index in [1.165, 1.54) is 0 Å². The van der Waals surface area contributed by atoms with Gasteiger partial charge in [0.05, 0.1) is 17.6 Å². The molecule has 1 aliphatic rings. The van der Waals surface area contributed by atoms with Crippen LogP contribution < -0.4 is 15.0 Å². The molecule has 1 aliphatic heterocycles. The van der Waals surface area contributed by atoms with E-state index in [0.29, 0.717) is 17.3 Å². The number of hydrogen-bond acceptors (Lipinski definition) is 8. The van der Waals surface area contributed by atoms with Crippen LogP contribution in [0.1, 0.15) is 10.5 Å². The van der Waals surface area contributed by atoms with E-state index in [2.05, 4.69) is 25.2 Å². The summed E-state index contributed by atoms with van der Waals surface area (Å²) in [7, 11) is -0.474. The first-order chi connectivity index (χ1) is 18.1. The standard InChI is InChI=1S/C27H27BN6O3/c1-28(36)34-17-15-33(16-18-34)25-12-13-29-19-24(25)32-27(35)23-11-14-30-26(31-23)20-7-9-22(10-8-20)37-21-5-3-2-4-6-21/h2-14,19,36H,15-18H2,1H3,(H,32,35). The minimum absolute atomic E-state index is 0.253. The normalized spacial score (nSPS) is 13.7. The number of carbonyl (C=O) groups excluding carboxylic acids is 1. The van der Waals surface area contributed by atoms with E-state index >= 15 is 0 Å². The fourth-order valence-electron chi connectivity index (χ4n) is 4.20. The molecule has 3 heterocycles. The quantitative estimate of drug-likeness (QED) is 0.374. The number of nitrogens with zero attached hydrogens (tertiary/aromatic N) is 5. The highest BCUT2D eigenvalue weighted by Gasteiger charge is 2.24. The molecule has 2 N–H and O–H groups in total. The fourth-order valence-corrected chi connectivity index (χ4v) is 4.20. The number of anilines is 2. The summed E-state index contributed by atoms with van der Waals surface area (Å²) in [6.07, 6.45) is 4.92. The highest BCUT2D eigenvalue weighted by molar-refractivity contribution is 6.45. The van der Waals surface area contributed by atoms with Crippen molar-refractivity contribution >= 4 is 24.3 Å². The highest BCUT2D eigenvalue weighted by Crippen LogP contribution is 2.27. The average Bonchev–Trinajstić information content (AvgIpc) is 2.94. The maximum absolute atomic E-state index is 13.1. The second-order valence-corrected chi connectivity index (χ2v) is 8.71. The summed E-state index contributed by atoms with van der Waals surface area (Å²) < 4.78 is 5.85. The van der Waals surface area contributed by atoms with Crippen molar-refractivity contribution in [2.45, 2.75) is 6.82 Å². The van der Waals surface area contributed by atoms with Crippen LogP contribution >= 0.6 is 0 Å². The van der Waals surface area contributed by atoms with Crippen LogP contribution in [0, 0.1) is 0 Å². The summed E-state index contributed by atoms with van der Waals surface area (Å²) in [4.78, 5) is 30.4. The first kappa shape index (κ1) is 24.4. The molecule has 0 aliphatic carbocycles. The van der Waals surface area contributed by atoms with Crippen molar-refractivity contribution < 1.29 is 14.6 Å². The van der Waals surface area contributed by atoms with Gasteiger partial charge in [-0.15, -0.1) is 0 Å². The van der Waals surface area contributed by atoms with Crippen molar-refractivity contribution in [2.75, 3.05) is 36.4 Å². The van der Waals surface area contributed by atoms with Crippen molar-refractivity contribution in [1.29, 1.82) is 0 Å². The summed E-state index contributed by atoms with van der Waals surface area (Å²) >= 11 is 0. The number of nitrogens with one attached hydrogen (secondary N) is 1. The van der Waals surface area contributed by atoms with Crippen LogP contribution in [-0.4, -0.2) is 63.9 Å². The molecule has 4 aromatic rings. The fraction of sp³-hybridized carbons (Fsp3) is 0.185. The van der Waals surface area contributed by atoms with E-state index in [1.807, 2.05) is 65.5 Å². The largest absolute Gasteiger partial charge is 0.457 e. The molecule has 10 heteroatoms. The van der Waals surface area contributed by atoms with Crippen LogP contribution in [0.4, 0.5) is 11.4 Å². The monoisotopic (exact) mass is 494 g/mol. The van der Waals surface area contributed by atoms with Gasteiger partial charge in [-0.3, -0.25) is 9.78 Å². The molecule has 0 unspecified atom stereocenters. The average molecular weight is 494 g/mol. The highest BCUT2D eigenvalue weighted by atomic mass is 16.5. The van der Waals surface area contributed by atoms with Gasteiger partial charge < -0.3 is 24.8 Å². The van der Waals surface area contributed by atoms with Crippen LogP contribution in [0.5, 0.6) is 11.5 Å². The number of amides is 1. The van der Waals surface area contributed by atoms with E-state index in [0.717, 1.165) is 43.2 Å². The van der Waals surface area contributed by atoms with Crippen LogP contribution in [0.25, 0.3) is 11.4 Å². The lowest BCUT2D eigenvalue weighted by Crippen LogP contribution is -2.51. The van der Waals surface area contributed by atoms with Gasteiger partial charge in [-0.2, -0.15) is 0 Å². The van der Waals surface area contributed by atoms with Gasteiger partial charge in [0.15, 0.2) is 5.82 Å². The number of ether oxygens (including phenoxy) is 1. The van der Waals surface area contributed by atoms with Crippen LogP contribution in [0.2, 0.25) is 6.82 Å². The lowest BCUT2D eigenvalue weighted by atomic mass is 9.84. The van der Waals surface area contributed by atoms with Crippen molar-refractivity contribution in [2.24, 2.45) is 0 Å². The molecule has 0 atom stereocenters. The minimum atomic E-state index is -0.474. The third-order valence-corrected chi connectivity index (χ3v) is 6.21. The Kier molecular flexibility index (Phi) is 7.39. The molecular weight excluding hydrogens is 467 g/mol. The zero-order valence-corrected chi connectivity index (χ0v) is 20.5. The molecule has 0 bridgehead atoms. The smallest absolute Gasteiger partial charge is 0.376 e. The maximum atomic E-state index is 13.1. The molecule has 37 heavy (non-hydrogen) atoms. The van der Waals surface area contributed by atoms with E-state index in [4.69, 9.17) is 4.74 Å². The van der Waals surface area contributed by atoms with E-state index in [9.17, 15) is 9.82 Å². The molecule has 186 valence electrons. The Bertz CT molecular complexity index is 1350. The molecule has 1 amide bonds. The van der Waals surface area contributed by atoms with E-state index in [-0.39, 0.29) is 11.6 Å². The van der Waals surface area contributed by atoms with Crippen molar-refractivity contribution in [3.8, 4) is 22.9 Å². The Morgan fingerprint density at radius 3 is 2.41 bits per heavy atom. The number of para-hydroxylation sites is 1. The van der Waals surface area contributed by atoms with Gasteiger partial charge in [0.2, 0.25) is 0 Å². The Morgan fingerprint density at radius 1 is 0.946 bits per heavy atom. The number of rotatable bonds is 7. The molecular formula is C27H27BN6O3. The van der Waals surface area contributed by atoms with Gasteiger partial charge in [0.25, 0.3) is 5.91 Å². The van der Waals surface area contributed by atoms with E-state index in [1.54, 1.807) is 31.5 Å². The van der Waals surface area contributed by atoms with Gasteiger partial charge in [-0.05, 0) is 55.4 Å². The second-order valence-electron chi connectivity index (χ2n) is 8.71. The summed E-state index contributed by atoms with van der Waals surface area (Å²) in [6, 6.07) is 20.4. The van der Waals surface area contributed by atoms with Gasteiger partial charge in [0.1, 0.15) is 17.2 Å². The van der Waals surface area contributed by atoms with Crippen molar-refractivity contribution in [3.63, 3.8) is 0 Å². The molecule has 2 aromatic carbocycles. The number of pyridine rings is 1. The van der Waals surface area contributed by atoms with Crippen molar-refractivity contribution in [3.05, 3.63) is 91.0 Å². The number of piperazine rings is 1. The first-order valence-electron chi connectivity index (χ1n) is 12.2. The molecule has 0 radical (unpaired) electrons. The minimum Gasteiger partial charge on any atom is -0.457 e. The third kappa shape index (κ3) is 5.93. The summed E-state index contributed by atoms with van der Waals surface area (Å²) in [5.41, 5.74) is 2.52. The number of carbonyl (C=O) groups is 1. The number of benzene rings is 2. The molecule has 9 nitrogen and oxygen atoms in total. The topological polar surface area (TPSA) is 104 Å². The van der Waals surface area contributed by atoms with Gasteiger partial charge in [-0.25, -0.2) is 9.97 Å². The lowest BCUT2D eigenvalue weighted by Gasteiger charge is -2.37. The Hall–Kier alpha value is -4.28.